The van der Waals surface area contributed by atoms with E-state index in [0.29, 0.717) is 12.1 Å². The molecule has 2 atom stereocenters. The lowest BCUT2D eigenvalue weighted by molar-refractivity contribution is 0.0948. The van der Waals surface area contributed by atoms with E-state index in [2.05, 4.69) is 42.6 Å². The number of ether oxygens (including phenoxy) is 1. The zero-order valence-electron chi connectivity index (χ0n) is 10.7. The summed E-state index contributed by atoms with van der Waals surface area (Å²) in [5.41, 5.74) is 1.41. The first-order chi connectivity index (χ1) is 8.38. The zero-order valence-corrected chi connectivity index (χ0v) is 10.7. The fraction of sp³-hybridized carbons (Fsp3) is 0.600. The molecule has 17 heavy (non-hydrogen) atoms. The molecule has 1 N–H and O–H groups in total. The van der Waals surface area contributed by atoms with E-state index in [1.165, 1.54) is 18.4 Å². The number of nitrogens with one attached hydrogen (secondary N) is 1. The van der Waals surface area contributed by atoms with Crippen LogP contribution in [0.4, 0.5) is 0 Å². The molecule has 0 aliphatic carbocycles. The first-order valence-electron chi connectivity index (χ1n) is 6.77. The zero-order chi connectivity index (χ0) is 11.9. The molecule has 0 radical (unpaired) electrons. The summed E-state index contributed by atoms with van der Waals surface area (Å²) >= 11 is 0. The standard InChI is InChI=1S/C15H23NO/c1-2-16-14(12-15-9-6-10-17-15)11-13-7-4-3-5-8-13/h3-5,7-8,14-16H,2,6,9-12H2,1H3. The summed E-state index contributed by atoms with van der Waals surface area (Å²) in [5, 5.41) is 3.58. The third-order valence-electron chi connectivity index (χ3n) is 3.39. The van der Waals surface area contributed by atoms with Crippen LogP contribution in [0.5, 0.6) is 0 Å². The van der Waals surface area contributed by atoms with E-state index in [1.807, 2.05) is 0 Å². The Morgan fingerprint density at radius 1 is 1.35 bits per heavy atom. The molecule has 1 aromatic carbocycles. The Labute approximate surface area is 104 Å². The van der Waals surface area contributed by atoms with E-state index in [9.17, 15) is 0 Å². The summed E-state index contributed by atoms with van der Waals surface area (Å²) in [6.45, 7) is 4.16. The molecule has 1 aromatic rings. The molecule has 2 unspecified atom stereocenters. The molecule has 1 saturated heterocycles. The van der Waals surface area contributed by atoms with Crippen LogP contribution in [0.2, 0.25) is 0 Å². The SMILES string of the molecule is CCNC(Cc1ccccc1)CC1CCCO1. The monoisotopic (exact) mass is 233 g/mol. The predicted octanol–water partition coefficient (Wildman–Crippen LogP) is 2.78. The molecule has 2 rings (SSSR count). The maximum absolute atomic E-state index is 5.73. The largest absolute Gasteiger partial charge is 0.378 e. The van der Waals surface area contributed by atoms with E-state index >= 15 is 0 Å². The lowest BCUT2D eigenvalue weighted by Crippen LogP contribution is -2.34. The van der Waals surface area contributed by atoms with E-state index in [1.54, 1.807) is 0 Å². The molecule has 0 amide bonds. The average molecular weight is 233 g/mol. The van der Waals surface area contributed by atoms with Gasteiger partial charge in [0.15, 0.2) is 0 Å². The molecule has 94 valence electrons. The minimum Gasteiger partial charge on any atom is -0.378 e. The van der Waals surface area contributed by atoms with Gasteiger partial charge in [-0.05, 0) is 37.8 Å². The average Bonchev–Trinajstić information content (AvgIpc) is 2.83. The molecule has 2 nitrogen and oxygen atoms in total. The van der Waals surface area contributed by atoms with Crippen molar-refractivity contribution in [1.29, 1.82) is 0 Å². The first-order valence-corrected chi connectivity index (χ1v) is 6.77. The van der Waals surface area contributed by atoms with Gasteiger partial charge in [0.2, 0.25) is 0 Å². The van der Waals surface area contributed by atoms with Gasteiger partial charge >= 0.3 is 0 Å². The quantitative estimate of drug-likeness (QED) is 0.816. The molecule has 1 aliphatic rings. The van der Waals surface area contributed by atoms with Crippen molar-refractivity contribution in [2.45, 2.75) is 44.8 Å². The second kappa shape index (κ2) is 6.77. The Kier molecular flexibility index (Phi) is 5.02. The van der Waals surface area contributed by atoms with Crippen molar-refractivity contribution in [2.75, 3.05) is 13.2 Å². The third-order valence-corrected chi connectivity index (χ3v) is 3.39. The van der Waals surface area contributed by atoms with E-state index in [4.69, 9.17) is 4.74 Å². The highest BCUT2D eigenvalue weighted by Gasteiger charge is 2.20. The van der Waals surface area contributed by atoms with Crippen molar-refractivity contribution in [3.8, 4) is 0 Å². The minimum absolute atomic E-state index is 0.475. The van der Waals surface area contributed by atoms with Gasteiger partial charge in [-0.3, -0.25) is 0 Å². The van der Waals surface area contributed by atoms with Crippen molar-refractivity contribution < 1.29 is 4.74 Å². The number of benzene rings is 1. The van der Waals surface area contributed by atoms with Gasteiger partial charge in [0.25, 0.3) is 0 Å². The lowest BCUT2D eigenvalue weighted by atomic mass is 9.99. The van der Waals surface area contributed by atoms with Crippen LogP contribution in [-0.2, 0) is 11.2 Å². The number of likely N-dealkylation sites (N-methyl/N-ethyl adjacent to an activating group) is 1. The fourth-order valence-corrected chi connectivity index (χ4v) is 2.57. The van der Waals surface area contributed by atoms with E-state index in [0.717, 1.165) is 26.0 Å². The van der Waals surface area contributed by atoms with Gasteiger partial charge < -0.3 is 10.1 Å². The highest BCUT2D eigenvalue weighted by atomic mass is 16.5. The fourth-order valence-electron chi connectivity index (χ4n) is 2.57. The first kappa shape index (κ1) is 12.6. The lowest BCUT2D eigenvalue weighted by Gasteiger charge is -2.21. The van der Waals surface area contributed by atoms with Crippen molar-refractivity contribution >= 4 is 0 Å². The highest BCUT2D eigenvalue weighted by Crippen LogP contribution is 2.18. The van der Waals surface area contributed by atoms with Crippen LogP contribution >= 0.6 is 0 Å². The summed E-state index contributed by atoms with van der Waals surface area (Å²) in [7, 11) is 0. The van der Waals surface area contributed by atoms with Crippen molar-refractivity contribution in [1.82, 2.24) is 5.32 Å². The van der Waals surface area contributed by atoms with E-state index < -0.39 is 0 Å². The number of hydrogen-bond donors (Lipinski definition) is 1. The Morgan fingerprint density at radius 3 is 2.82 bits per heavy atom. The topological polar surface area (TPSA) is 21.3 Å². The van der Waals surface area contributed by atoms with Crippen molar-refractivity contribution in [2.24, 2.45) is 0 Å². The summed E-state index contributed by atoms with van der Waals surface area (Å²) in [6.07, 6.45) is 5.19. The van der Waals surface area contributed by atoms with Crippen LogP contribution in [-0.4, -0.2) is 25.3 Å². The summed E-state index contributed by atoms with van der Waals surface area (Å²) in [4.78, 5) is 0. The molecule has 1 heterocycles. The van der Waals surface area contributed by atoms with Gasteiger partial charge in [-0.2, -0.15) is 0 Å². The van der Waals surface area contributed by atoms with Crippen LogP contribution < -0.4 is 5.32 Å². The Morgan fingerprint density at radius 2 is 2.18 bits per heavy atom. The summed E-state index contributed by atoms with van der Waals surface area (Å²) < 4.78 is 5.73. The Balaban J connectivity index is 1.87. The maximum Gasteiger partial charge on any atom is 0.0590 e. The van der Waals surface area contributed by atoms with Crippen LogP contribution in [0.1, 0.15) is 31.7 Å². The maximum atomic E-state index is 5.73. The molecular formula is C15H23NO. The van der Waals surface area contributed by atoms with Crippen LogP contribution in [0.15, 0.2) is 30.3 Å². The van der Waals surface area contributed by atoms with Crippen molar-refractivity contribution in [3.05, 3.63) is 35.9 Å². The summed E-state index contributed by atoms with van der Waals surface area (Å²) in [6, 6.07) is 11.3. The normalized spacial score (nSPS) is 21.6. The molecule has 1 aliphatic heterocycles. The molecule has 0 bridgehead atoms. The Hall–Kier alpha value is -0.860. The molecule has 0 aromatic heterocycles. The smallest absolute Gasteiger partial charge is 0.0590 e. The number of rotatable bonds is 6. The second-order valence-corrected chi connectivity index (χ2v) is 4.82. The molecule has 2 heteroatoms. The molecular weight excluding hydrogens is 210 g/mol. The van der Waals surface area contributed by atoms with Gasteiger partial charge in [0.05, 0.1) is 6.10 Å². The van der Waals surface area contributed by atoms with Crippen molar-refractivity contribution in [3.63, 3.8) is 0 Å². The van der Waals surface area contributed by atoms with Gasteiger partial charge in [-0.15, -0.1) is 0 Å². The van der Waals surface area contributed by atoms with Gasteiger partial charge in [-0.25, -0.2) is 0 Å². The van der Waals surface area contributed by atoms with Crippen LogP contribution in [0.25, 0.3) is 0 Å². The van der Waals surface area contributed by atoms with E-state index in [-0.39, 0.29) is 0 Å². The molecule has 1 fully saturated rings. The van der Waals surface area contributed by atoms with Gasteiger partial charge in [-0.1, -0.05) is 37.3 Å². The van der Waals surface area contributed by atoms with Crippen LogP contribution in [0.3, 0.4) is 0 Å². The second-order valence-electron chi connectivity index (χ2n) is 4.82. The minimum atomic E-state index is 0.475. The summed E-state index contributed by atoms with van der Waals surface area (Å²) in [5.74, 6) is 0. The van der Waals surface area contributed by atoms with Gasteiger partial charge in [0, 0.05) is 12.6 Å². The third kappa shape index (κ3) is 4.14. The molecule has 0 saturated carbocycles. The number of hydrogen-bond acceptors (Lipinski definition) is 2. The predicted molar refractivity (Wildman–Crippen MR) is 71.2 cm³/mol. The Bertz CT molecular complexity index is 306. The highest BCUT2D eigenvalue weighted by molar-refractivity contribution is 5.15. The van der Waals surface area contributed by atoms with Gasteiger partial charge in [0.1, 0.15) is 0 Å². The molecule has 0 spiro atoms. The van der Waals surface area contributed by atoms with Crippen LogP contribution in [0, 0.1) is 0 Å².